The second kappa shape index (κ2) is 4.44. The minimum atomic E-state index is -0.544. The van der Waals surface area contributed by atoms with Crippen LogP contribution in [0.3, 0.4) is 0 Å². The van der Waals surface area contributed by atoms with Crippen molar-refractivity contribution < 1.29 is 19.1 Å². The van der Waals surface area contributed by atoms with Crippen LogP contribution in [0.2, 0.25) is 0 Å². The van der Waals surface area contributed by atoms with Crippen LogP contribution < -0.4 is 0 Å². The number of rotatable bonds is 3. The molecule has 0 unspecified atom stereocenters. The number of carbonyl (C=O) groups excluding carboxylic acids is 2. The molecule has 0 bridgehead atoms. The molecule has 0 aromatic carbocycles. The molecule has 0 aromatic heterocycles. The summed E-state index contributed by atoms with van der Waals surface area (Å²) in [5.74, 6) is -0.637. The van der Waals surface area contributed by atoms with Gasteiger partial charge in [-0.3, -0.25) is 9.59 Å². The van der Waals surface area contributed by atoms with Crippen LogP contribution in [0.4, 0.5) is 0 Å². The molecule has 14 heavy (non-hydrogen) atoms. The average Bonchev–Trinajstić information content (AvgIpc) is 2.49. The summed E-state index contributed by atoms with van der Waals surface area (Å²) in [5.41, 5.74) is -0.544. The Kier molecular flexibility index (Phi) is 3.49. The third-order valence-corrected chi connectivity index (χ3v) is 2.41. The first-order chi connectivity index (χ1) is 6.54. The monoisotopic (exact) mass is 200 g/mol. The lowest BCUT2D eigenvalue weighted by atomic mass is 10.0. The lowest BCUT2D eigenvalue weighted by Crippen LogP contribution is -2.37. The van der Waals surface area contributed by atoms with Gasteiger partial charge >= 0.3 is 11.9 Å². The maximum absolute atomic E-state index is 10.9. The molecule has 1 aliphatic carbocycles. The molecule has 1 rings (SSSR count). The molecule has 80 valence electrons. The van der Waals surface area contributed by atoms with Gasteiger partial charge in [0.25, 0.3) is 0 Å². The number of esters is 2. The third-order valence-electron chi connectivity index (χ3n) is 2.41. The molecule has 0 aliphatic heterocycles. The summed E-state index contributed by atoms with van der Waals surface area (Å²) in [6.45, 7) is 2.94. The molecule has 1 fully saturated rings. The first-order valence-electron chi connectivity index (χ1n) is 4.87. The van der Waals surface area contributed by atoms with Gasteiger partial charge in [0, 0.05) is 13.8 Å². The van der Waals surface area contributed by atoms with Crippen molar-refractivity contribution in [2.24, 2.45) is 0 Å². The molecular weight excluding hydrogens is 184 g/mol. The van der Waals surface area contributed by atoms with E-state index >= 15 is 0 Å². The van der Waals surface area contributed by atoms with Gasteiger partial charge in [-0.25, -0.2) is 0 Å². The predicted octanol–water partition coefficient (Wildman–Crippen LogP) is 1.43. The molecule has 0 heterocycles. The highest BCUT2D eigenvalue weighted by molar-refractivity contribution is 5.67. The Hall–Kier alpha value is -1.06. The van der Waals surface area contributed by atoms with Gasteiger partial charge in [-0.05, 0) is 25.7 Å². The largest absolute Gasteiger partial charge is 0.462 e. The van der Waals surface area contributed by atoms with Crippen LogP contribution in [-0.4, -0.2) is 24.1 Å². The van der Waals surface area contributed by atoms with Crippen molar-refractivity contribution in [3.05, 3.63) is 0 Å². The Morgan fingerprint density at radius 1 is 1.14 bits per heavy atom. The molecular formula is C10H16O4. The van der Waals surface area contributed by atoms with Crippen molar-refractivity contribution in [1.82, 2.24) is 0 Å². The van der Waals surface area contributed by atoms with Gasteiger partial charge in [-0.2, -0.15) is 0 Å². The van der Waals surface area contributed by atoms with Gasteiger partial charge in [-0.15, -0.1) is 0 Å². The van der Waals surface area contributed by atoms with E-state index < -0.39 is 5.60 Å². The molecule has 1 aliphatic rings. The fraction of sp³-hybridized carbons (Fsp3) is 0.800. The quantitative estimate of drug-likeness (QED) is 0.646. The van der Waals surface area contributed by atoms with Crippen molar-refractivity contribution >= 4 is 11.9 Å². The molecule has 0 saturated heterocycles. The molecule has 0 atom stereocenters. The zero-order valence-electron chi connectivity index (χ0n) is 8.67. The molecule has 0 N–H and O–H groups in total. The minimum absolute atomic E-state index is 0.196. The van der Waals surface area contributed by atoms with E-state index in [-0.39, 0.29) is 18.5 Å². The van der Waals surface area contributed by atoms with Crippen molar-refractivity contribution in [2.75, 3.05) is 6.61 Å². The van der Waals surface area contributed by atoms with E-state index in [1.165, 1.54) is 13.8 Å². The summed E-state index contributed by atoms with van der Waals surface area (Å²) < 4.78 is 10.1. The maximum Gasteiger partial charge on any atom is 0.303 e. The number of hydrogen-bond donors (Lipinski definition) is 0. The molecule has 0 spiro atoms. The van der Waals surface area contributed by atoms with Gasteiger partial charge in [0.15, 0.2) is 0 Å². The molecule has 0 amide bonds. The van der Waals surface area contributed by atoms with E-state index in [2.05, 4.69) is 0 Å². The highest BCUT2D eigenvalue weighted by Gasteiger charge is 2.38. The van der Waals surface area contributed by atoms with Crippen molar-refractivity contribution in [3.8, 4) is 0 Å². The van der Waals surface area contributed by atoms with Crippen LogP contribution in [0, 0.1) is 0 Å². The molecule has 4 heteroatoms. The molecule has 1 saturated carbocycles. The fourth-order valence-electron chi connectivity index (χ4n) is 1.83. The van der Waals surface area contributed by atoms with E-state index in [0.717, 1.165) is 25.7 Å². The van der Waals surface area contributed by atoms with Gasteiger partial charge in [0.2, 0.25) is 0 Å². The number of carbonyl (C=O) groups is 2. The van der Waals surface area contributed by atoms with E-state index in [1.54, 1.807) is 0 Å². The standard InChI is InChI=1S/C10H16O4/c1-8(11)13-7-10(14-9(2)12)5-3-4-6-10/h3-7H2,1-2H3. The molecule has 0 radical (unpaired) electrons. The Bertz CT molecular complexity index is 228. The van der Waals surface area contributed by atoms with Crippen LogP contribution in [0.1, 0.15) is 39.5 Å². The van der Waals surface area contributed by atoms with Gasteiger partial charge in [0.05, 0.1) is 0 Å². The normalized spacial score (nSPS) is 19.0. The summed E-state index contributed by atoms with van der Waals surface area (Å²) >= 11 is 0. The van der Waals surface area contributed by atoms with E-state index in [1.807, 2.05) is 0 Å². The van der Waals surface area contributed by atoms with Gasteiger partial charge < -0.3 is 9.47 Å². The molecule has 4 nitrogen and oxygen atoms in total. The number of ether oxygens (including phenoxy) is 2. The Morgan fingerprint density at radius 3 is 2.14 bits per heavy atom. The smallest absolute Gasteiger partial charge is 0.303 e. The Morgan fingerprint density at radius 2 is 1.71 bits per heavy atom. The highest BCUT2D eigenvalue weighted by atomic mass is 16.6. The average molecular weight is 200 g/mol. The van der Waals surface area contributed by atoms with Crippen molar-refractivity contribution in [2.45, 2.75) is 45.1 Å². The first kappa shape index (κ1) is 11.0. The van der Waals surface area contributed by atoms with E-state index in [0.29, 0.717) is 0 Å². The van der Waals surface area contributed by atoms with Crippen LogP contribution in [-0.2, 0) is 19.1 Å². The first-order valence-corrected chi connectivity index (χ1v) is 4.87. The van der Waals surface area contributed by atoms with Crippen molar-refractivity contribution in [1.29, 1.82) is 0 Å². The second-order valence-corrected chi connectivity index (χ2v) is 3.76. The SMILES string of the molecule is CC(=O)OCC1(OC(C)=O)CCCC1. The van der Waals surface area contributed by atoms with Gasteiger partial charge in [-0.1, -0.05) is 0 Å². The third kappa shape index (κ3) is 3.01. The second-order valence-electron chi connectivity index (χ2n) is 3.76. The summed E-state index contributed by atoms with van der Waals surface area (Å²) in [6, 6.07) is 0. The fourth-order valence-corrected chi connectivity index (χ4v) is 1.83. The highest BCUT2D eigenvalue weighted by Crippen LogP contribution is 2.33. The van der Waals surface area contributed by atoms with E-state index in [9.17, 15) is 9.59 Å². The number of hydrogen-bond acceptors (Lipinski definition) is 4. The summed E-state index contributed by atoms with van der Waals surface area (Å²) in [7, 11) is 0. The predicted molar refractivity (Wildman–Crippen MR) is 49.6 cm³/mol. The van der Waals surface area contributed by atoms with Crippen LogP contribution in [0.5, 0.6) is 0 Å². The van der Waals surface area contributed by atoms with E-state index in [4.69, 9.17) is 9.47 Å². The lowest BCUT2D eigenvalue weighted by molar-refractivity contribution is -0.169. The van der Waals surface area contributed by atoms with Gasteiger partial charge in [0.1, 0.15) is 12.2 Å². The van der Waals surface area contributed by atoms with Crippen LogP contribution >= 0.6 is 0 Å². The lowest BCUT2D eigenvalue weighted by Gasteiger charge is -2.27. The maximum atomic E-state index is 10.9. The van der Waals surface area contributed by atoms with Crippen molar-refractivity contribution in [3.63, 3.8) is 0 Å². The zero-order valence-corrected chi connectivity index (χ0v) is 8.67. The van der Waals surface area contributed by atoms with Crippen LogP contribution in [0.15, 0.2) is 0 Å². The topological polar surface area (TPSA) is 52.6 Å². The zero-order chi connectivity index (χ0) is 10.6. The summed E-state index contributed by atoms with van der Waals surface area (Å²) in [6.07, 6.45) is 3.63. The Balaban J connectivity index is 2.52. The molecule has 0 aromatic rings. The summed E-state index contributed by atoms with van der Waals surface area (Å²) in [4.78, 5) is 21.6. The van der Waals surface area contributed by atoms with Crippen LogP contribution in [0.25, 0.3) is 0 Å². The summed E-state index contributed by atoms with van der Waals surface area (Å²) in [5, 5.41) is 0. The minimum Gasteiger partial charge on any atom is -0.462 e. The Labute approximate surface area is 83.6 Å².